The summed E-state index contributed by atoms with van der Waals surface area (Å²) in [6, 6.07) is 9.98. The lowest BCUT2D eigenvalue weighted by Crippen LogP contribution is -2.00. The fourth-order valence-corrected chi connectivity index (χ4v) is 2.26. The molecule has 1 heterocycles. The molecule has 104 valence electrons. The standard InChI is InChI=1S/C17H19NO2/c1-11(2)8-13-4-6-14(7-5-13)16-12(3)9-15(10-18-16)17(19)20/h4-7,9-11H,8H2,1-3H3,(H,19,20). The number of aromatic carboxylic acids is 1. The lowest BCUT2D eigenvalue weighted by molar-refractivity contribution is 0.0696. The molecule has 3 heteroatoms. The minimum atomic E-state index is -0.945. The molecule has 1 aromatic carbocycles. The van der Waals surface area contributed by atoms with E-state index in [0.29, 0.717) is 5.92 Å². The Kier molecular flexibility index (Phi) is 4.18. The van der Waals surface area contributed by atoms with E-state index in [2.05, 4.69) is 31.0 Å². The lowest BCUT2D eigenvalue weighted by Gasteiger charge is -2.08. The van der Waals surface area contributed by atoms with Crippen LogP contribution in [0.15, 0.2) is 36.5 Å². The van der Waals surface area contributed by atoms with Crippen molar-refractivity contribution in [2.45, 2.75) is 27.2 Å². The van der Waals surface area contributed by atoms with Crippen molar-refractivity contribution in [3.8, 4) is 11.3 Å². The number of rotatable bonds is 4. The van der Waals surface area contributed by atoms with Gasteiger partial charge >= 0.3 is 5.97 Å². The fraction of sp³-hybridized carbons (Fsp3) is 0.294. The predicted molar refractivity (Wildman–Crippen MR) is 79.9 cm³/mol. The van der Waals surface area contributed by atoms with Crippen LogP contribution in [0.2, 0.25) is 0 Å². The average Bonchev–Trinajstić information content (AvgIpc) is 2.39. The zero-order valence-corrected chi connectivity index (χ0v) is 12.1. The van der Waals surface area contributed by atoms with Gasteiger partial charge in [0.1, 0.15) is 0 Å². The molecular weight excluding hydrogens is 250 g/mol. The van der Waals surface area contributed by atoms with Crippen LogP contribution in [0.4, 0.5) is 0 Å². The molecule has 0 aliphatic heterocycles. The number of hydrogen-bond donors (Lipinski definition) is 1. The second-order valence-corrected chi connectivity index (χ2v) is 5.49. The minimum Gasteiger partial charge on any atom is -0.478 e. The van der Waals surface area contributed by atoms with Gasteiger partial charge in [0.05, 0.1) is 11.3 Å². The van der Waals surface area contributed by atoms with Crippen LogP contribution in [0, 0.1) is 12.8 Å². The smallest absolute Gasteiger partial charge is 0.337 e. The van der Waals surface area contributed by atoms with E-state index in [1.807, 2.05) is 19.1 Å². The number of aryl methyl sites for hydroxylation is 1. The summed E-state index contributed by atoms with van der Waals surface area (Å²) in [6.45, 7) is 6.28. The average molecular weight is 269 g/mol. The monoisotopic (exact) mass is 269 g/mol. The van der Waals surface area contributed by atoms with Gasteiger partial charge in [-0.3, -0.25) is 4.98 Å². The number of pyridine rings is 1. The number of hydrogen-bond acceptors (Lipinski definition) is 2. The molecule has 20 heavy (non-hydrogen) atoms. The summed E-state index contributed by atoms with van der Waals surface area (Å²) in [5.74, 6) is -0.310. The second kappa shape index (κ2) is 5.87. The van der Waals surface area contributed by atoms with E-state index in [9.17, 15) is 4.79 Å². The van der Waals surface area contributed by atoms with Gasteiger partial charge in [-0.25, -0.2) is 4.79 Å². The van der Waals surface area contributed by atoms with Crippen LogP contribution in [-0.2, 0) is 6.42 Å². The van der Waals surface area contributed by atoms with Gasteiger partial charge in [0.25, 0.3) is 0 Å². The van der Waals surface area contributed by atoms with Crippen molar-refractivity contribution in [1.82, 2.24) is 4.98 Å². The topological polar surface area (TPSA) is 50.2 Å². The van der Waals surface area contributed by atoms with Crippen molar-refractivity contribution in [3.63, 3.8) is 0 Å². The Morgan fingerprint density at radius 2 is 1.90 bits per heavy atom. The highest BCUT2D eigenvalue weighted by atomic mass is 16.4. The number of aromatic nitrogens is 1. The van der Waals surface area contributed by atoms with E-state index in [1.54, 1.807) is 6.07 Å². The maximum atomic E-state index is 10.9. The van der Waals surface area contributed by atoms with Gasteiger partial charge in [0.15, 0.2) is 0 Å². The van der Waals surface area contributed by atoms with Gasteiger partial charge in [-0.1, -0.05) is 38.1 Å². The zero-order valence-electron chi connectivity index (χ0n) is 12.1. The highest BCUT2D eigenvalue weighted by Gasteiger charge is 2.09. The van der Waals surface area contributed by atoms with Crippen molar-refractivity contribution in [3.05, 3.63) is 53.2 Å². The molecule has 0 radical (unpaired) electrons. The summed E-state index contributed by atoms with van der Waals surface area (Å²) in [6.07, 6.45) is 2.47. The first kappa shape index (κ1) is 14.3. The highest BCUT2D eigenvalue weighted by Crippen LogP contribution is 2.22. The van der Waals surface area contributed by atoms with Gasteiger partial charge in [-0.2, -0.15) is 0 Å². The zero-order chi connectivity index (χ0) is 14.7. The molecule has 0 saturated carbocycles. The predicted octanol–water partition coefficient (Wildman–Crippen LogP) is 3.95. The summed E-state index contributed by atoms with van der Waals surface area (Å²) in [5, 5.41) is 8.95. The quantitative estimate of drug-likeness (QED) is 0.914. The summed E-state index contributed by atoms with van der Waals surface area (Å²) >= 11 is 0. The molecule has 0 fully saturated rings. The molecule has 0 amide bonds. The van der Waals surface area contributed by atoms with Crippen LogP contribution in [0.1, 0.15) is 35.3 Å². The second-order valence-electron chi connectivity index (χ2n) is 5.49. The SMILES string of the molecule is Cc1cc(C(=O)O)cnc1-c1ccc(CC(C)C)cc1. The van der Waals surface area contributed by atoms with Crippen molar-refractivity contribution in [2.24, 2.45) is 5.92 Å². The van der Waals surface area contributed by atoms with Gasteiger partial charge in [0, 0.05) is 11.8 Å². The van der Waals surface area contributed by atoms with Gasteiger partial charge in [-0.05, 0) is 36.5 Å². The normalized spacial score (nSPS) is 10.8. The summed E-state index contributed by atoms with van der Waals surface area (Å²) in [5.41, 5.74) is 4.27. The van der Waals surface area contributed by atoms with E-state index < -0.39 is 5.97 Å². The molecule has 0 unspecified atom stereocenters. The molecule has 0 saturated heterocycles. The maximum Gasteiger partial charge on any atom is 0.337 e. The van der Waals surface area contributed by atoms with E-state index in [1.165, 1.54) is 11.8 Å². The summed E-state index contributed by atoms with van der Waals surface area (Å²) < 4.78 is 0. The van der Waals surface area contributed by atoms with Gasteiger partial charge in [-0.15, -0.1) is 0 Å². The van der Waals surface area contributed by atoms with Gasteiger partial charge in [0.2, 0.25) is 0 Å². The molecule has 0 atom stereocenters. The third-order valence-corrected chi connectivity index (χ3v) is 3.20. The minimum absolute atomic E-state index is 0.225. The van der Waals surface area contributed by atoms with Gasteiger partial charge < -0.3 is 5.11 Å². The lowest BCUT2D eigenvalue weighted by atomic mass is 9.99. The van der Waals surface area contributed by atoms with Crippen molar-refractivity contribution < 1.29 is 9.90 Å². The summed E-state index contributed by atoms with van der Waals surface area (Å²) in [7, 11) is 0. The molecule has 0 spiro atoms. The van der Waals surface area contributed by atoms with E-state index in [-0.39, 0.29) is 5.56 Å². The Morgan fingerprint density at radius 3 is 2.40 bits per heavy atom. The number of nitrogens with zero attached hydrogens (tertiary/aromatic N) is 1. The Bertz CT molecular complexity index is 615. The van der Waals surface area contributed by atoms with Crippen LogP contribution < -0.4 is 0 Å². The molecular formula is C17H19NO2. The first-order valence-corrected chi connectivity index (χ1v) is 6.76. The first-order chi connectivity index (χ1) is 9.47. The number of benzene rings is 1. The van der Waals surface area contributed by atoms with Crippen molar-refractivity contribution in [2.75, 3.05) is 0 Å². The van der Waals surface area contributed by atoms with Crippen LogP contribution in [0.5, 0.6) is 0 Å². The van der Waals surface area contributed by atoms with E-state index in [0.717, 1.165) is 23.2 Å². The Labute approximate surface area is 119 Å². The Balaban J connectivity index is 2.30. The van der Waals surface area contributed by atoms with Crippen LogP contribution in [-0.4, -0.2) is 16.1 Å². The Morgan fingerprint density at radius 1 is 1.25 bits per heavy atom. The maximum absolute atomic E-state index is 10.9. The largest absolute Gasteiger partial charge is 0.478 e. The molecule has 3 nitrogen and oxygen atoms in total. The Hall–Kier alpha value is -2.16. The molecule has 1 N–H and O–H groups in total. The van der Waals surface area contributed by atoms with Crippen LogP contribution in [0.25, 0.3) is 11.3 Å². The number of carbonyl (C=O) groups is 1. The molecule has 0 aliphatic rings. The van der Waals surface area contributed by atoms with E-state index >= 15 is 0 Å². The van der Waals surface area contributed by atoms with Crippen molar-refractivity contribution >= 4 is 5.97 Å². The molecule has 1 aromatic heterocycles. The van der Waals surface area contributed by atoms with Crippen LogP contribution in [0.3, 0.4) is 0 Å². The van der Waals surface area contributed by atoms with E-state index in [4.69, 9.17) is 5.11 Å². The third-order valence-electron chi connectivity index (χ3n) is 3.20. The molecule has 0 bridgehead atoms. The molecule has 2 rings (SSSR count). The first-order valence-electron chi connectivity index (χ1n) is 6.76. The number of carboxylic acid groups (broad SMARTS) is 1. The van der Waals surface area contributed by atoms with Crippen LogP contribution >= 0.6 is 0 Å². The molecule has 0 aliphatic carbocycles. The third kappa shape index (κ3) is 3.23. The molecule has 2 aromatic rings. The number of carboxylic acids is 1. The highest BCUT2D eigenvalue weighted by molar-refractivity contribution is 5.88. The van der Waals surface area contributed by atoms with Crippen molar-refractivity contribution in [1.29, 1.82) is 0 Å². The fourth-order valence-electron chi connectivity index (χ4n) is 2.26. The summed E-state index contributed by atoms with van der Waals surface area (Å²) in [4.78, 5) is 15.2.